The maximum Gasteiger partial charge on any atom is 0.305 e. The van der Waals surface area contributed by atoms with Crippen LogP contribution in [0.1, 0.15) is 12.8 Å². The fourth-order valence-corrected chi connectivity index (χ4v) is 2.71. The number of carbonyl (C=O) groups is 1. The predicted octanol–water partition coefficient (Wildman–Crippen LogP) is 0.442. The summed E-state index contributed by atoms with van der Waals surface area (Å²) in [5.74, 6) is -0.117. The van der Waals surface area contributed by atoms with Crippen molar-refractivity contribution >= 4 is 24.8 Å². The average Bonchev–Trinajstić information content (AvgIpc) is 2.04. The Kier molecular flexibility index (Phi) is 5.44. The molecular formula is C7H18O3Si2. The molecule has 0 atom stereocenters. The first-order chi connectivity index (χ1) is 5.52. The molecule has 0 aromatic rings. The highest BCUT2D eigenvalue weighted by Gasteiger charge is 2.19. The molecule has 0 aliphatic heterocycles. The maximum absolute atomic E-state index is 10.7. The Hall–Kier alpha value is -0.136. The molecule has 72 valence electrons. The van der Waals surface area contributed by atoms with Gasteiger partial charge in [-0.3, -0.25) is 4.79 Å². The molecule has 0 bridgehead atoms. The second-order valence-electron chi connectivity index (χ2n) is 3.39. The smallest absolute Gasteiger partial charge is 0.305 e. The van der Waals surface area contributed by atoms with Crippen LogP contribution in [-0.2, 0) is 13.6 Å². The van der Waals surface area contributed by atoms with E-state index in [4.69, 9.17) is 4.12 Å². The maximum atomic E-state index is 10.7. The van der Waals surface area contributed by atoms with Gasteiger partial charge in [-0.25, -0.2) is 0 Å². The van der Waals surface area contributed by atoms with Gasteiger partial charge in [0.25, 0.3) is 0 Å². The molecule has 0 aliphatic carbocycles. The van der Waals surface area contributed by atoms with Crippen LogP contribution in [0.5, 0.6) is 0 Å². The highest BCUT2D eigenvalue weighted by Crippen LogP contribution is 2.13. The lowest BCUT2D eigenvalue weighted by molar-refractivity contribution is -0.140. The lowest BCUT2D eigenvalue weighted by Gasteiger charge is -2.19. The number of hydrogen-bond acceptors (Lipinski definition) is 3. The van der Waals surface area contributed by atoms with Crippen molar-refractivity contribution in [2.45, 2.75) is 32.0 Å². The van der Waals surface area contributed by atoms with Gasteiger partial charge in [-0.15, -0.1) is 0 Å². The van der Waals surface area contributed by atoms with Gasteiger partial charge in [0.2, 0.25) is 0 Å². The van der Waals surface area contributed by atoms with Crippen LogP contribution >= 0.6 is 0 Å². The van der Waals surface area contributed by atoms with Crippen LogP contribution in [0.4, 0.5) is 0 Å². The van der Waals surface area contributed by atoms with Crippen molar-refractivity contribution in [3.8, 4) is 0 Å². The molecule has 0 fully saturated rings. The monoisotopic (exact) mass is 206 g/mol. The molecule has 0 unspecified atom stereocenters. The first-order valence-electron chi connectivity index (χ1n) is 4.14. The summed E-state index contributed by atoms with van der Waals surface area (Å²) in [6.45, 7) is 4.36. The molecule has 0 radical (unpaired) electrons. The van der Waals surface area contributed by atoms with Crippen molar-refractivity contribution < 1.29 is 13.6 Å². The van der Waals surface area contributed by atoms with Crippen LogP contribution < -0.4 is 0 Å². The Labute approximate surface area is 78.1 Å². The third-order valence-electron chi connectivity index (χ3n) is 1.94. The summed E-state index contributed by atoms with van der Waals surface area (Å²) < 4.78 is 10.0. The van der Waals surface area contributed by atoms with Crippen LogP contribution in [0.15, 0.2) is 0 Å². The van der Waals surface area contributed by atoms with E-state index < -0.39 is 8.32 Å². The zero-order chi connectivity index (χ0) is 9.61. The Balaban J connectivity index is 3.49. The Bertz CT molecular complexity index is 148. The molecule has 0 heterocycles. The molecule has 0 saturated heterocycles. The van der Waals surface area contributed by atoms with E-state index in [9.17, 15) is 4.79 Å². The van der Waals surface area contributed by atoms with E-state index in [0.29, 0.717) is 6.42 Å². The van der Waals surface area contributed by atoms with Crippen molar-refractivity contribution in [2.75, 3.05) is 7.11 Å². The number of esters is 1. The van der Waals surface area contributed by atoms with E-state index in [1.165, 1.54) is 7.11 Å². The van der Waals surface area contributed by atoms with Crippen molar-refractivity contribution in [3.63, 3.8) is 0 Å². The Morgan fingerprint density at radius 3 is 2.50 bits per heavy atom. The summed E-state index contributed by atoms with van der Waals surface area (Å²) in [6.07, 6.45) is 1.42. The van der Waals surface area contributed by atoms with Gasteiger partial charge in [-0.05, 0) is 25.6 Å². The standard InChI is InChI=1S/C7H18O3Si2/c1-9-7(8)5-4-6-12(2,3)10-11/h4-6H2,1-3,11H3. The van der Waals surface area contributed by atoms with Crippen molar-refractivity contribution in [1.29, 1.82) is 0 Å². The number of methoxy groups -OCH3 is 1. The molecule has 0 aromatic heterocycles. The quantitative estimate of drug-likeness (QED) is 0.484. The third kappa shape index (κ3) is 5.51. The Morgan fingerprint density at radius 1 is 1.50 bits per heavy atom. The average molecular weight is 206 g/mol. The van der Waals surface area contributed by atoms with Crippen molar-refractivity contribution in [1.82, 2.24) is 0 Å². The minimum atomic E-state index is -1.40. The van der Waals surface area contributed by atoms with Crippen LogP contribution in [-0.4, -0.2) is 31.9 Å². The van der Waals surface area contributed by atoms with E-state index in [1.54, 1.807) is 0 Å². The minimum absolute atomic E-state index is 0.117. The number of carbonyl (C=O) groups excluding carboxylic acids is 1. The highest BCUT2D eigenvalue weighted by atomic mass is 28.4. The molecule has 0 spiro atoms. The number of ether oxygens (including phenoxy) is 1. The van der Waals surface area contributed by atoms with E-state index in [0.717, 1.165) is 23.0 Å². The fourth-order valence-electron chi connectivity index (χ4n) is 0.863. The number of rotatable bonds is 5. The van der Waals surface area contributed by atoms with Gasteiger partial charge in [0.1, 0.15) is 10.5 Å². The first-order valence-corrected chi connectivity index (χ1v) is 8.07. The van der Waals surface area contributed by atoms with Gasteiger partial charge >= 0.3 is 5.97 Å². The van der Waals surface area contributed by atoms with Crippen molar-refractivity contribution in [3.05, 3.63) is 0 Å². The minimum Gasteiger partial charge on any atom is -0.469 e. The van der Waals surface area contributed by atoms with E-state index in [2.05, 4.69) is 17.8 Å². The van der Waals surface area contributed by atoms with Gasteiger partial charge in [0, 0.05) is 6.42 Å². The van der Waals surface area contributed by atoms with E-state index in [-0.39, 0.29) is 5.97 Å². The summed E-state index contributed by atoms with van der Waals surface area (Å²) in [5.41, 5.74) is 0. The second kappa shape index (κ2) is 5.50. The largest absolute Gasteiger partial charge is 0.469 e. The summed E-state index contributed by atoms with van der Waals surface area (Å²) in [4.78, 5) is 10.7. The van der Waals surface area contributed by atoms with Crippen LogP contribution in [0, 0.1) is 0 Å². The fraction of sp³-hybridized carbons (Fsp3) is 0.857. The molecule has 0 saturated carbocycles. The SMILES string of the molecule is COC(=O)CCC[Si](C)(C)O[SiH3]. The molecule has 0 N–H and O–H groups in total. The Morgan fingerprint density at radius 2 is 2.08 bits per heavy atom. The van der Waals surface area contributed by atoms with Crippen LogP contribution in [0.2, 0.25) is 19.1 Å². The molecule has 12 heavy (non-hydrogen) atoms. The first kappa shape index (κ1) is 11.9. The topological polar surface area (TPSA) is 35.5 Å². The highest BCUT2D eigenvalue weighted by molar-refractivity contribution is 6.73. The van der Waals surface area contributed by atoms with Gasteiger partial charge in [-0.2, -0.15) is 0 Å². The molecule has 0 aliphatic rings. The molecular weight excluding hydrogens is 188 g/mol. The predicted molar refractivity (Wildman–Crippen MR) is 54.6 cm³/mol. The third-order valence-corrected chi connectivity index (χ3v) is 7.92. The molecule has 3 nitrogen and oxygen atoms in total. The summed E-state index contributed by atoms with van der Waals surface area (Å²) in [5, 5.41) is 0. The van der Waals surface area contributed by atoms with Gasteiger partial charge in [-0.1, -0.05) is 0 Å². The van der Waals surface area contributed by atoms with E-state index in [1.807, 2.05) is 0 Å². The van der Waals surface area contributed by atoms with Crippen LogP contribution in [0.3, 0.4) is 0 Å². The summed E-state index contributed by atoms with van der Waals surface area (Å²) in [7, 11) is 0.829. The van der Waals surface area contributed by atoms with Crippen LogP contribution in [0.25, 0.3) is 0 Å². The zero-order valence-electron chi connectivity index (χ0n) is 8.35. The lowest BCUT2D eigenvalue weighted by Crippen LogP contribution is -2.28. The summed E-state index contributed by atoms with van der Waals surface area (Å²) in [6, 6.07) is 1.05. The van der Waals surface area contributed by atoms with Gasteiger partial charge in [0.15, 0.2) is 8.32 Å². The van der Waals surface area contributed by atoms with Gasteiger partial charge in [0.05, 0.1) is 7.11 Å². The normalized spacial score (nSPS) is 11.6. The molecule has 0 rings (SSSR count). The molecule has 0 amide bonds. The van der Waals surface area contributed by atoms with Crippen molar-refractivity contribution in [2.24, 2.45) is 0 Å². The molecule has 0 aromatic carbocycles. The van der Waals surface area contributed by atoms with E-state index >= 15 is 0 Å². The number of hydrogen-bond donors (Lipinski definition) is 0. The lowest BCUT2D eigenvalue weighted by atomic mass is 10.3. The summed E-state index contributed by atoms with van der Waals surface area (Å²) >= 11 is 0. The zero-order valence-corrected chi connectivity index (χ0v) is 11.3. The molecule has 5 heteroatoms. The van der Waals surface area contributed by atoms with Gasteiger partial charge < -0.3 is 8.85 Å². The second-order valence-corrected chi connectivity index (χ2v) is 9.05.